The summed E-state index contributed by atoms with van der Waals surface area (Å²) in [5.41, 5.74) is 0.758. The second kappa shape index (κ2) is 17.4. The molecule has 1 unspecified atom stereocenters. The number of hydrogen-bond donors (Lipinski definition) is 3. The molecule has 2 aliphatic carbocycles. The lowest BCUT2D eigenvalue weighted by Crippen LogP contribution is -2.60. The molecule has 0 spiro atoms. The van der Waals surface area contributed by atoms with Gasteiger partial charge in [0, 0.05) is 11.8 Å². The molecule has 4 amide bonds. The molecule has 56 heavy (non-hydrogen) atoms. The number of benzene rings is 1. The van der Waals surface area contributed by atoms with Crippen LogP contribution < -0.4 is 24.8 Å². The number of hydrogen-bond acceptors (Lipinski definition) is 10. The summed E-state index contributed by atoms with van der Waals surface area (Å²) in [5, 5.41) is 5.74. The third kappa shape index (κ3) is 9.88. The molecule has 0 radical (unpaired) electrons. The summed E-state index contributed by atoms with van der Waals surface area (Å²) in [4.78, 5) is 62.4. The highest BCUT2D eigenvalue weighted by atomic mass is 127. The highest BCUT2D eigenvalue weighted by Crippen LogP contribution is 2.35. The Morgan fingerprint density at radius 2 is 1.82 bits per heavy atom. The lowest BCUT2D eigenvalue weighted by Gasteiger charge is -2.35. The summed E-state index contributed by atoms with van der Waals surface area (Å²) in [7, 11) is -2.32. The second-order valence-corrected chi connectivity index (χ2v) is 19.9. The molecule has 4 aliphatic rings. The number of halogens is 1. The Balaban J connectivity index is 1.35. The number of pyridine rings is 1. The topological polar surface area (TPSA) is 182 Å². The van der Waals surface area contributed by atoms with Crippen molar-refractivity contribution in [3.8, 4) is 11.5 Å². The van der Waals surface area contributed by atoms with Crippen molar-refractivity contribution >= 4 is 67.3 Å². The molecule has 306 valence electrons. The number of aryl methyl sites for hydroxylation is 1. The second-order valence-electron chi connectivity index (χ2n) is 16.5. The normalized spacial score (nSPS) is 26.2. The van der Waals surface area contributed by atoms with E-state index in [2.05, 4.69) is 21.9 Å². The summed E-state index contributed by atoms with van der Waals surface area (Å²) < 4.78 is 45.0. The van der Waals surface area contributed by atoms with Gasteiger partial charge in [-0.05, 0) is 87.0 Å². The standard InChI is InChI=1S/C40H54IN5O9S/c1-6-28(41)34(37(48)45-56(51,52)27-16-17-27)43-36(47)31-21-26-22-46(31)38(49)35(40(2,3)4)44-39(50)55-32-14-10-12-23(32)11-8-7-9-13-30-33(54-26)20-24-19-25(53-5)15-18-29(24)42-30/h6,15,18-20,23,26-28,31-32,34-35H,1,7-14,16-17,21-22H2,2-5H3,(H,43,47)(H,44,50)(H,45,48)/t23-,26-,28+,31+,32-,34?,35-/m1/s1. The van der Waals surface area contributed by atoms with Gasteiger partial charge in [-0.15, -0.1) is 6.58 Å². The molecular weight excluding hydrogens is 853 g/mol. The van der Waals surface area contributed by atoms with Gasteiger partial charge in [-0.1, -0.05) is 62.3 Å². The van der Waals surface area contributed by atoms with Crippen LogP contribution in [0.4, 0.5) is 4.79 Å². The van der Waals surface area contributed by atoms with Gasteiger partial charge in [-0.3, -0.25) is 19.1 Å². The minimum atomic E-state index is -3.91. The number of nitrogens with one attached hydrogen (secondary N) is 3. The Hall–Kier alpha value is -3.67. The third-order valence-corrected chi connectivity index (χ3v) is 14.3. The Bertz CT molecular complexity index is 1930. The van der Waals surface area contributed by atoms with E-state index in [1.54, 1.807) is 7.11 Å². The molecule has 1 saturated heterocycles. The van der Waals surface area contributed by atoms with Crippen molar-refractivity contribution in [1.82, 2.24) is 25.2 Å². The number of fused-ring (bicyclic) bond motifs is 5. The molecular formula is C40H54IN5O9S. The van der Waals surface area contributed by atoms with Crippen molar-refractivity contribution in [2.45, 2.75) is 131 Å². The number of alkyl halides is 1. The molecule has 2 aliphatic heterocycles. The number of alkyl carbamates (subject to hydrolysis) is 1. The zero-order chi connectivity index (χ0) is 40.4. The third-order valence-electron chi connectivity index (χ3n) is 11.2. The minimum absolute atomic E-state index is 0.0114. The number of aromatic nitrogens is 1. The quantitative estimate of drug-likeness (QED) is 0.183. The summed E-state index contributed by atoms with van der Waals surface area (Å²) in [6, 6.07) is 4.03. The zero-order valence-electron chi connectivity index (χ0n) is 32.6. The van der Waals surface area contributed by atoms with E-state index in [-0.39, 0.29) is 25.0 Å². The maximum absolute atomic E-state index is 14.7. The molecule has 7 atom stereocenters. The van der Waals surface area contributed by atoms with E-state index < -0.39 is 72.7 Å². The molecule has 3 fully saturated rings. The zero-order valence-corrected chi connectivity index (χ0v) is 35.5. The van der Waals surface area contributed by atoms with Crippen molar-refractivity contribution in [1.29, 1.82) is 0 Å². The van der Waals surface area contributed by atoms with Gasteiger partial charge in [0.25, 0.3) is 5.91 Å². The lowest BCUT2D eigenvalue weighted by molar-refractivity contribution is -0.142. The molecule has 16 heteroatoms. The van der Waals surface area contributed by atoms with Crippen LogP contribution >= 0.6 is 22.6 Å². The molecule has 1 aromatic carbocycles. The van der Waals surface area contributed by atoms with Crippen molar-refractivity contribution in [2.24, 2.45) is 11.3 Å². The van der Waals surface area contributed by atoms with E-state index >= 15 is 0 Å². The maximum Gasteiger partial charge on any atom is 0.408 e. The molecule has 14 nitrogen and oxygen atoms in total. The number of ether oxygens (including phenoxy) is 3. The van der Waals surface area contributed by atoms with Gasteiger partial charge in [0.2, 0.25) is 21.8 Å². The van der Waals surface area contributed by atoms with Crippen molar-refractivity contribution in [2.75, 3.05) is 13.7 Å². The Morgan fingerprint density at radius 3 is 2.52 bits per heavy atom. The first-order chi connectivity index (χ1) is 26.6. The molecule has 2 aromatic rings. The van der Waals surface area contributed by atoms with Gasteiger partial charge in [0.15, 0.2) is 0 Å². The summed E-state index contributed by atoms with van der Waals surface area (Å²) in [6.07, 6.45) is 7.83. The summed E-state index contributed by atoms with van der Waals surface area (Å²) >= 11 is 1.92. The van der Waals surface area contributed by atoms with Crippen LogP contribution in [0.2, 0.25) is 0 Å². The van der Waals surface area contributed by atoms with Gasteiger partial charge < -0.3 is 29.7 Å². The van der Waals surface area contributed by atoms with Gasteiger partial charge in [0.1, 0.15) is 41.8 Å². The first-order valence-corrected chi connectivity index (χ1v) is 22.4. The summed E-state index contributed by atoms with van der Waals surface area (Å²) in [6.45, 7) is 9.23. The van der Waals surface area contributed by atoms with E-state index in [0.29, 0.717) is 30.8 Å². The monoisotopic (exact) mass is 907 g/mol. The average Bonchev–Trinajstić information content (AvgIpc) is 3.81. The number of sulfonamides is 1. The fourth-order valence-electron chi connectivity index (χ4n) is 7.95. The van der Waals surface area contributed by atoms with Crippen LogP contribution in [-0.2, 0) is 35.6 Å². The Kier molecular flexibility index (Phi) is 13.1. The summed E-state index contributed by atoms with van der Waals surface area (Å²) in [5.74, 6) is -0.654. The number of carbonyl (C=O) groups is 4. The highest BCUT2D eigenvalue weighted by molar-refractivity contribution is 14.1. The first kappa shape index (κ1) is 41.9. The SMILES string of the molecule is C=C[C@H](I)C(NC(=O)[C@@H]1C[C@@H]2CN1C(=O)[C@H](C(C)(C)C)NC(=O)O[C@@H]1CCC[C@H]1CCCCCc1nc3ccc(OC)cc3cc1O2)C(=O)NS(=O)(=O)C1CC1. The molecule has 2 saturated carbocycles. The predicted octanol–water partition coefficient (Wildman–Crippen LogP) is 5.10. The van der Waals surface area contributed by atoms with Gasteiger partial charge in [-0.25, -0.2) is 18.2 Å². The van der Waals surface area contributed by atoms with Crippen LogP contribution in [0.25, 0.3) is 10.9 Å². The smallest absolute Gasteiger partial charge is 0.408 e. The fourth-order valence-corrected chi connectivity index (χ4v) is 9.78. The van der Waals surface area contributed by atoms with Crippen molar-refractivity contribution < 1.29 is 41.8 Å². The van der Waals surface area contributed by atoms with Crippen LogP contribution in [0.15, 0.2) is 36.9 Å². The van der Waals surface area contributed by atoms with Crippen LogP contribution in [-0.4, -0.2) is 95.3 Å². The van der Waals surface area contributed by atoms with Crippen molar-refractivity contribution in [3.05, 3.63) is 42.6 Å². The average molecular weight is 908 g/mol. The number of amides is 4. The van der Waals surface area contributed by atoms with Crippen LogP contribution in [0.3, 0.4) is 0 Å². The minimum Gasteiger partial charge on any atom is -0.497 e. The molecule has 3 N–H and O–H groups in total. The maximum atomic E-state index is 14.7. The molecule has 1 aromatic heterocycles. The van der Waals surface area contributed by atoms with Crippen molar-refractivity contribution in [3.63, 3.8) is 0 Å². The first-order valence-electron chi connectivity index (χ1n) is 19.6. The number of nitrogens with zero attached hydrogens (tertiary/aromatic N) is 2. The van der Waals surface area contributed by atoms with E-state index in [4.69, 9.17) is 19.2 Å². The number of methoxy groups -OCH3 is 1. The van der Waals surface area contributed by atoms with Gasteiger partial charge in [0.05, 0.1) is 34.0 Å². The largest absolute Gasteiger partial charge is 0.497 e. The number of carbonyl (C=O) groups excluding carboxylic acids is 4. The van der Waals surface area contributed by atoms with Crippen LogP contribution in [0, 0.1) is 11.3 Å². The Labute approximate surface area is 342 Å². The van der Waals surface area contributed by atoms with Crippen LogP contribution in [0.5, 0.6) is 11.5 Å². The molecule has 3 heterocycles. The van der Waals surface area contributed by atoms with Gasteiger partial charge in [-0.2, -0.15) is 0 Å². The van der Waals surface area contributed by atoms with E-state index in [1.807, 2.05) is 67.6 Å². The van der Waals surface area contributed by atoms with E-state index in [0.717, 1.165) is 61.5 Å². The number of rotatable bonds is 8. The van der Waals surface area contributed by atoms with E-state index in [1.165, 1.54) is 11.0 Å². The van der Waals surface area contributed by atoms with Gasteiger partial charge >= 0.3 is 6.09 Å². The van der Waals surface area contributed by atoms with Crippen LogP contribution in [0.1, 0.15) is 90.7 Å². The Morgan fingerprint density at radius 1 is 1.07 bits per heavy atom. The molecule has 2 bridgehead atoms. The van der Waals surface area contributed by atoms with E-state index in [9.17, 15) is 27.6 Å². The highest BCUT2D eigenvalue weighted by Gasteiger charge is 2.48. The lowest BCUT2D eigenvalue weighted by atomic mass is 9.85. The predicted molar refractivity (Wildman–Crippen MR) is 219 cm³/mol. The fraction of sp³-hybridized carbons (Fsp3) is 0.625. The molecule has 6 rings (SSSR count).